The van der Waals surface area contributed by atoms with E-state index >= 15 is 0 Å². The number of rotatable bonds is 1. The molecule has 2 heterocycles. The average Bonchev–Trinajstić information content (AvgIpc) is 2.21. The molecule has 2 nitrogen and oxygen atoms in total. The Labute approximate surface area is 74.2 Å². The summed E-state index contributed by atoms with van der Waals surface area (Å²) in [6, 6.07) is 0. The second kappa shape index (κ2) is 4.24. The smallest absolute Gasteiger partial charge is 0.0836 e. The molecule has 0 radical (unpaired) electrons. The zero-order valence-corrected chi connectivity index (χ0v) is 7.63. The fourth-order valence-corrected chi connectivity index (χ4v) is 2.12. The SMILES string of the molecule is C1CC[C@@H]([C@H]2CCCCO2)OC1. The zero-order valence-electron chi connectivity index (χ0n) is 7.63. The summed E-state index contributed by atoms with van der Waals surface area (Å²) < 4.78 is 11.4. The molecule has 2 rings (SSSR count). The Morgan fingerprint density at radius 3 is 1.50 bits per heavy atom. The van der Waals surface area contributed by atoms with Crippen LogP contribution in [0.25, 0.3) is 0 Å². The van der Waals surface area contributed by atoms with Crippen LogP contribution in [0.1, 0.15) is 38.5 Å². The minimum absolute atomic E-state index is 0.416. The van der Waals surface area contributed by atoms with Crippen LogP contribution < -0.4 is 0 Å². The lowest BCUT2D eigenvalue weighted by Gasteiger charge is -2.32. The summed E-state index contributed by atoms with van der Waals surface area (Å²) in [5.74, 6) is 0. The molecule has 0 aromatic rings. The van der Waals surface area contributed by atoms with Gasteiger partial charge in [0.15, 0.2) is 0 Å². The van der Waals surface area contributed by atoms with Crippen LogP contribution >= 0.6 is 0 Å². The first-order valence-corrected chi connectivity index (χ1v) is 5.20. The van der Waals surface area contributed by atoms with Gasteiger partial charge in [-0.05, 0) is 38.5 Å². The van der Waals surface area contributed by atoms with Crippen LogP contribution in [0.3, 0.4) is 0 Å². The van der Waals surface area contributed by atoms with Gasteiger partial charge >= 0.3 is 0 Å². The van der Waals surface area contributed by atoms with Gasteiger partial charge in [-0.15, -0.1) is 0 Å². The Morgan fingerprint density at radius 2 is 1.17 bits per heavy atom. The minimum Gasteiger partial charge on any atom is -0.376 e. The fourth-order valence-electron chi connectivity index (χ4n) is 2.12. The van der Waals surface area contributed by atoms with Crippen LogP contribution in [0, 0.1) is 0 Å². The first-order chi connectivity index (χ1) is 5.97. The van der Waals surface area contributed by atoms with E-state index in [0.717, 1.165) is 13.2 Å². The lowest BCUT2D eigenvalue weighted by Crippen LogP contribution is -2.36. The molecule has 2 saturated heterocycles. The molecule has 0 amide bonds. The lowest BCUT2D eigenvalue weighted by atomic mass is 9.98. The van der Waals surface area contributed by atoms with Gasteiger partial charge in [0.05, 0.1) is 12.2 Å². The van der Waals surface area contributed by atoms with E-state index in [-0.39, 0.29) is 0 Å². The monoisotopic (exact) mass is 170 g/mol. The molecule has 12 heavy (non-hydrogen) atoms. The molecular formula is C10H18O2. The first-order valence-electron chi connectivity index (χ1n) is 5.20. The molecule has 0 N–H and O–H groups in total. The third kappa shape index (κ3) is 1.99. The van der Waals surface area contributed by atoms with Gasteiger partial charge < -0.3 is 9.47 Å². The molecule has 0 aliphatic carbocycles. The Kier molecular flexibility index (Phi) is 3.01. The Hall–Kier alpha value is -0.0800. The maximum absolute atomic E-state index is 5.69. The molecule has 0 spiro atoms. The molecule has 2 aliphatic rings. The highest BCUT2D eigenvalue weighted by Gasteiger charge is 2.26. The van der Waals surface area contributed by atoms with Gasteiger partial charge in [-0.1, -0.05) is 0 Å². The summed E-state index contributed by atoms with van der Waals surface area (Å²) in [7, 11) is 0. The highest BCUT2D eigenvalue weighted by molar-refractivity contribution is 4.76. The first kappa shape index (κ1) is 8.52. The summed E-state index contributed by atoms with van der Waals surface area (Å²) in [6.07, 6.45) is 8.38. The van der Waals surface area contributed by atoms with Gasteiger partial charge in [-0.25, -0.2) is 0 Å². The van der Waals surface area contributed by atoms with Crippen molar-refractivity contribution in [2.24, 2.45) is 0 Å². The Balaban J connectivity index is 1.80. The zero-order chi connectivity index (χ0) is 8.23. The highest BCUT2D eigenvalue weighted by atomic mass is 16.5. The summed E-state index contributed by atoms with van der Waals surface area (Å²) in [5.41, 5.74) is 0. The molecule has 0 bridgehead atoms. The molecule has 2 fully saturated rings. The van der Waals surface area contributed by atoms with Gasteiger partial charge in [0.1, 0.15) is 0 Å². The van der Waals surface area contributed by atoms with Crippen LogP contribution in [0.2, 0.25) is 0 Å². The highest BCUT2D eigenvalue weighted by Crippen LogP contribution is 2.24. The van der Waals surface area contributed by atoms with E-state index in [0.29, 0.717) is 12.2 Å². The predicted octanol–water partition coefficient (Wildman–Crippen LogP) is 2.12. The van der Waals surface area contributed by atoms with Crippen molar-refractivity contribution in [1.82, 2.24) is 0 Å². The third-order valence-corrected chi connectivity index (χ3v) is 2.84. The van der Waals surface area contributed by atoms with Gasteiger partial charge in [0.25, 0.3) is 0 Å². The van der Waals surface area contributed by atoms with E-state index in [2.05, 4.69) is 0 Å². The molecule has 0 aromatic carbocycles. The van der Waals surface area contributed by atoms with Crippen molar-refractivity contribution in [2.45, 2.75) is 50.7 Å². The van der Waals surface area contributed by atoms with Crippen molar-refractivity contribution in [3.8, 4) is 0 Å². The van der Waals surface area contributed by atoms with E-state index in [4.69, 9.17) is 9.47 Å². The molecule has 0 unspecified atom stereocenters. The van der Waals surface area contributed by atoms with Crippen molar-refractivity contribution >= 4 is 0 Å². The van der Waals surface area contributed by atoms with E-state index in [9.17, 15) is 0 Å². The van der Waals surface area contributed by atoms with Crippen molar-refractivity contribution in [2.75, 3.05) is 13.2 Å². The van der Waals surface area contributed by atoms with Crippen LogP contribution in [0.15, 0.2) is 0 Å². The van der Waals surface area contributed by atoms with Gasteiger partial charge in [0, 0.05) is 13.2 Å². The molecule has 2 atom stereocenters. The van der Waals surface area contributed by atoms with Gasteiger partial charge in [-0.2, -0.15) is 0 Å². The number of hydrogen-bond donors (Lipinski definition) is 0. The summed E-state index contributed by atoms with van der Waals surface area (Å²) in [5, 5.41) is 0. The maximum atomic E-state index is 5.69. The molecular weight excluding hydrogens is 152 g/mol. The maximum Gasteiger partial charge on any atom is 0.0836 e. The second-order valence-corrected chi connectivity index (χ2v) is 3.81. The summed E-state index contributed by atoms with van der Waals surface area (Å²) >= 11 is 0. The summed E-state index contributed by atoms with van der Waals surface area (Å²) in [6.45, 7) is 1.90. The average molecular weight is 170 g/mol. The predicted molar refractivity (Wildman–Crippen MR) is 47.2 cm³/mol. The van der Waals surface area contributed by atoms with Crippen LogP contribution in [-0.2, 0) is 9.47 Å². The van der Waals surface area contributed by atoms with Crippen molar-refractivity contribution < 1.29 is 9.47 Å². The van der Waals surface area contributed by atoms with E-state index < -0.39 is 0 Å². The standard InChI is InChI=1S/C10H18O2/c1-3-7-11-9(5-1)10-6-2-4-8-12-10/h9-10H,1-8H2/t9-,10+. The van der Waals surface area contributed by atoms with E-state index in [1.807, 2.05) is 0 Å². The lowest BCUT2D eigenvalue weighted by molar-refractivity contribution is -0.107. The largest absolute Gasteiger partial charge is 0.376 e. The topological polar surface area (TPSA) is 18.5 Å². The van der Waals surface area contributed by atoms with Crippen LogP contribution in [0.5, 0.6) is 0 Å². The quantitative estimate of drug-likeness (QED) is 0.600. The van der Waals surface area contributed by atoms with Crippen molar-refractivity contribution in [3.63, 3.8) is 0 Å². The summed E-state index contributed by atoms with van der Waals surface area (Å²) in [4.78, 5) is 0. The minimum atomic E-state index is 0.416. The van der Waals surface area contributed by atoms with Gasteiger partial charge in [0.2, 0.25) is 0 Å². The molecule has 0 aromatic heterocycles. The van der Waals surface area contributed by atoms with Crippen molar-refractivity contribution in [1.29, 1.82) is 0 Å². The van der Waals surface area contributed by atoms with Crippen LogP contribution in [0.4, 0.5) is 0 Å². The molecule has 2 heteroatoms. The number of hydrogen-bond acceptors (Lipinski definition) is 2. The molecule has 2 aliphatic heterocycles. The number of ether oxygens (including phenoxy) is 2. The van der Waals surface area contributed by atoms with Gasteiger partial charge in [-0.3, -0.25) is 0 Å². The molecule has 0 saturated carbocycles. The van der Waals surface area contributed by atoms with Crippen molar-refractivity contribution in [3.05, 3.63) is 0 Å². The Morgan fingerprint density at radius 1 is 0.667 bits per heavy atom. The van der Waals surface area contributed by atoms with E-state index in [1.54, 1.807) is 0 Å². The third-order valence-electron chi connectivity index (χ3n) is 2.84. The second-order valence-electron chi connectivity index (χ2n) is 3.81. The van der Waals surface area contributed by atoms with E-state index in [1.165, 1.54) is 38.5 Å². The Bertz CT molecular complexity index is 108. The normalized spacial score (nSPS) is 38.0. The fraction of sp³-hybridized carbons (Fsp3) is 1.00. The van der Waals surface area contributed by atoms with Crippen LogP contribution in [-0.4, -0.2) is 25.4 Å². The molecule has 70 valence electrons.